The third-order valence-corrected chi connectivity index (χ3v) is 4.04. The van der Waals surface area contributed by atoms with Crippen molar-refractivity contribution in [2.45, 2.75) is 46.0 Å². The average molecular weight is 406 g/mol. The topological polar surface area (TPSA) is 79.2 Å². The van der Waals surface area contributed by atoms with Gasteiger partial charge in [0, 0.05) is 31.1 Å². The van der Waals surface area contributed by atoms with Gasteiger partial charge in [-0.15, -0.1) is 0 Å². The highest BCUT2D eigenvalue weighted by Crippen LogP contribution is 2.27. The molecule has 160 valence electrons. The summed E-state index contributed by atoms with van der Waals surface area (Å²) >= 11 is 0. The molecule has 29 heavy (non-hydrogen) atoms. The van der Waals surface area contributed by atoms with Crippen LogP contribution in [-0.4, -0.2) is 61.4 Å². The van der Waals surface area contributed by atoms with Crippen LogP contribution in [0.25, 0.3) is 10.9 Å². The lowest BCUT2D eigenvalue weighted by Gasteiger charge is -2.21. The van der Waals surface area contributed by atoms with E-state index in [-0.39, 0.29) is 0 Å². The summed E-state index contributed by atoms with van der Waals surface area (Å²) in [6, 6.07) is 5.55. The summed E-state index contributed by atoms with van der Waals surface area (Å²) in [6.45, 7) is 7.46. The Morgan fingerprint density at radius 1 is 1.17 bits per heavy atom. The van der Waals surface area contributed by atoms with Gasteiger partial charge in [-0.3, -0.25) is 4.57 Å². The van der Waals surface area contributed by atoms with E-state index >= 15 is 0 Å². The molecule has 2 aromatic rings. The van der Waals surface area contributed by atoms with Crippen LogP contribution in [0.2, 0.25) is 0 Å². The molecule has 1 aromatic carbocycles. The first-order valence-corrected chi connectivity index (χ1v) is 9.43. The number of carbonyl (C=O) groups excluding carboxylic acids is 2. The Balaban J connectivity index is 2.21. The lowest BCUT2D eigenvalue weighted by molar-refractivity contribution is -0.0922. The summed E-state index contributed by atoms with van der Waals surface area (Å²) in [5, 5.41) is 0.935. The summed E-state index contributed by atoms with van der Waals surface area (Å²) in [4.78, 5) is 26.6. The van der Waals surface area contributed by atoms with Gasteiger partial charge in [-0.1, -0.05) is 0 Å². The maximum atomic E-state index is 12.7. The van der Waals surface area contributed by atoms with Crippen molar-refractivity contribution in [3.05, 3.63) is 30.0 Å². The standard InChI is InChI=1S/C21H30N2O6/c1-14(28-20(25)29-21(2,3)4)27-19(24)23-13-15(10-11-22(5)6)17-9-8-16(26-7)12-18(17)23/h8-9,12-14H,10-11H2,1-7H3. The fraction of sp³-hybridized carbons (Fsp3) is 0.524. The highest BCUT2D eigenvalue weighted by molar-refractivity contribution is 5.92. The maximum Gasteiger partial charge on any atom is 0.511 e. The minimum Gasteiger partial charge on any atom is -0.497 e. The van der Waals surface area contributed by atoms with Crippen LogP contribution in [0.15, 0.2) is 24.4 Å². The molecule has 1 unspecified atom stereocenters. The average Bonchev–Trinajstić information content (AvgIpc) is 2.95. The van der Waals surface area contributed by atoms with Crippen LogP contribution >= 0.6 is 0 Å². The normalized spacial score (nSPS) is 12.7. The van der Waals surface area contributed by atoms with Crippen LogP contribution in [0.1, 0.15) is 33.3 Å². The van der Waals surface area contributed by atoms with Gasteiger partial charge in [0.1, 0.15) is 11.4 Å². The van der Waals surface area contributed by atoms with E-state index in [1.54, 1.807) is 40.1 Å². The molecule has 0 aliphatic carbocycles. The molecule has 0 fully saturated rings. The Hall–Kier alpha value is -2.74. The zero-order valence-corrected chi connectivity index (χ0v) is 18.1. The molecule has 8 heteroatoms. The number of hydrogen-bond donors (Lipinski definition) is 0. The van der Waals surface area contributed by atoms with Gasteiger partial charge in [0.15, 0.2) is 0 Å². The monoisotopic (exact) mass is 406 g/mol. The number of hydrogen-bond acceptors (Lipinski definition) is 7. The van der Waals surface area contributed by atoms with Gasteiger partial charge in [0.05, 0.1) is 12.6 Å². The molecule has 2 rings (SSSR count). The Kier molecular flexibility index (Phi) is 7.13. The first-order valence-electron chi connectivity index (χ1n) is 9.43. The molecule has 1 heterocycles. The van der Waals surface area contributed by atoms with E-state index in [2.05, 4.69) is 4.90 Å². The molecule has 0 radical (unpaired) electrons. The predicted molar refractivity (Wildman–Crippen MR) is 109 cm³/mol. The fourth-order valence-corrected chi connectivity index (χ4v) is 2.73. The summed E-state index contributed by atoms with van der Waals surface area (Å²) in [5.74, 6) is 0.627. The molecule has 0 spiro atoms. The Bertz CT molecular complexity index is 866. The fourth-order valence-electron chi connectivity index (χ4n) is 2.73. The van der Waals surface area contributed by atoms with E-state index in [0.717, 1.165) is 23.9 Å². The zero-order valence-electron chi connectivity index (χ0n) is 18.1. The minimum atomic E-state index is -1.11. The van der Waals surface area contributed by atoms with Crippen molar-refractivity contribution in [1.29, 1.82) is 0 Å². The van der Waals surface area contributed by atoms with E-state index in [0.29, 0.717) is 11.3 Å². The second-order valence-corrected chi connectivity index (χ2v) is 7.99. The van der Waals surface area contributed by atoms with E-state index in [1.165, 1.54) is 11.5 Å². The number of methoxy groups -OCH3 is 1. The van der Waals surface area contributed by atoms with Crippen molar-refractivity contribution in [2.75, 3.05) is 27.7 Å². The molecule has 1 aromatic heterocycles. The first kappa shape index (κ1) is 22.5. The maximum absolute atomic E-state index is 12.7. The molecular weight excluding hydrogens is 376 g/mol. The molecule has 0 aliphatic rings. The third-order valence-electron chi connectivity index (χ3n) is 4.04. The van der Waals surface area contributed by atoms with Crippen LogP contribution in [0.4, 0.5) is 9.59 Å². The van der Waals surface area contributed by atoms with E-state index < -0.39 is 24.1 Å². The lowest BCUT2D eigenvalue weighted by atomic mass is 10.1. The number of likely N-dealkylation sites (N-methyl/N-ethyl adjacent to an activating group) is 1. The molecule has 0 N–H and O–H groups in total. The quantitative estimate of drug-likeness (QED) is 0.529. The van der Waals surface area contributed by atoms with Gasteiger partial charge in [-0.25, -0.2) is 9.59 Å². The number of rotatable bonds is 6. The predicted octanol–water partition coefficient (Wildman–Crippen LogP) is 4.04. The Labute approximate surface area is 171 Å². The smallest absolute Gasteiger partial charge is 0.497 e. The second kappa shape index (κ2) is 9.17. The van der Waals surface area contributed by atoms with Crippen LogP contribution in [-0.2, 0) is 20.6 Å². The summed E-state index contributed by atoms with van der Waals surface area (Å²) in [6.07, 6.45) is -0.152. The number of benzene rings is 1. The van der Waals surface area contributed by atoms with Gasteiger partial charge >= 0.3 is 12.2 Å². The molecule has 0 bridgehead atoms. The number of aromatic nitrogens is 1. The van der Waals surface area contributed by atoms with Crippen molar-refractivity contribution >= 4 is 23.2 Å². The van der Waals surface area contributed by atoms with Gasteiger partial charge in [-0.2, -0.15) is 0 Å². The van der Waals surface area contributed by atoms with Crippen LogP contribution in [0.3, 0.4) is 0 Å². The van der Waals surface area contributed by atoms with Crippen molar-refractivity contribution in [3.8, 4) is 5.75 Å². The highest BCUT2D eigenvalue weighted by atomic mass is 16.8. The van der Waals surface area contributed by atoms with Crippen LogP contribution in [0.5, 0.6) is 5.75 Å². The molecule has 1 atom stereocenters. The SMILES string of the molecule is COc1ccc2c(CCN(C)C)cn(C(=O)OC(C)OC(=O)OC(C)(C)C)c2c1. The van der Waals surface area contributed by atoms with Crippen molar-refractivity contribution in [3.63, 3.8) is 0 Å². The first-order chi connectivity index (χ1) is 13.5. The molecule has 8 nitrogen and oxygen atoms in total. The van der Waals surface area contributed by atoms with E-state index in [9.17, 15) is 9.59 Å². The minimum absolute atomic E-state index is 0.627. The number of ether oxygens (including phenoxy) is 4. The summed E-state index contributed by atoms with van der Waals surface area (Å²) in [7, 11) is 5.55. The van der Waals surface area contributed by atoms with Crippen molar-refractivity contribution in [2.24, 2.45) is 0 Å². The highest BCUT2D eigenvalue weighted by Gasteiger charge is 2.23. The number of carbonyl (C=O) groups is 2. The van der Waals surface area contributed by atoms with Gasteiger partial charge in [0.25, 0.3) is 0 Å². The molecule has 0 saturated carbocycles. The Morgan fingerprint density at radius 3 is 2.45 bits per heavy atom. The van der Waals surface area contributed by atoms with Crippen molar-refractivity contribution in [1.82, 2.24) is 9.47 Å². The van der Waals surface area contributed by atoms with E-state index in [4.69, 9.17) is 18.9 Å². The van der Waals surface area contributed by atoms with Crippen LogP contribution in [0, 0.1) is 0 Å². The van der Waals surface area contributed by atoms with E-state index in [1.807, 2.05) is 26.2 Å². The number of nitrogens with zero attached hydrogens (tertiary/aromatic N) is 2. The number of fused-ring (bicyclic) bond motifs is 1. The van der Waals surface area contributed by atoms with Crippen molar-refractivity contribution < 1.29 is 28.5 Å². The van der Waals surface area contributed by atoms with Gasteiger partial charge in [0.2, 0.25) is 6.29 Å². The van der Waals surface area contributed by atoms with Gasteiger partial charge in [-0.05, 0) is 59.0 Å². The zero-order chi connectivity index (χ0) is 21.8. The van der Waals surface area contributed by atoms with Gasteiger partial charge < -0.3 is 23.8 Å². The molecule has 0 amide bonds. The summed E-state index contributed by atoms with van der Waals surface area (Å²) < 4.78 is 22.1. The molecule has 0 aliphatic heterocycles. The lowest BCUT2D eigenvalue weighted by Crippen LogP contribution is -2.29. The second-order valence-electron chi connectivity index (χ2n) is 7.99. The third kappa shape index (κ3) is 6.39. The Morgan fingerprint density at radius 2 is 1.86 bits per heavy atom. The summed E-state index contributed by atoms with van der Waals surface area (Å²) in [5.41, 5.74) is 0.969. The molecular formula is C21H30N2O6. The van der Waals surface area contributed by atoms with Crippen LogP contribution < -0.4 is 4.74 Å². The largest absolute Gasteiger partial charge is 0.511 e. The molecule has 0 saturated heterocycles.